The topological polar surface area (TPSA) is 0 Å². The molecule has 2 unspecified atom stereocenters. The van der Waals surface area contributed by atoms with Crippen LogP contribution in [0.1, 0.15) is 60.8 Å². The third-order valence-electron chi connectivity index (χ3n) is 5.22. The van der Waals surface area contributed by atoms with E-state index in [0.717, 1.165) is 0 Å². The van der Waals surface area contributed by atoms with Gasteiger partial charge in [0.15, 0.2) is 0 Å². The van der Waals surface area contributed by atoms with Gasteiger partial charge in [0.2, 0.25) is 0 Å². The molecule has 2 aromatic rings. The van der Waals surface area contributed by atoms with E-state index < -0.39 is 22.9 Å². The molecule has 0 heterocycles. The van der Waals surface area contributed by atoms with Gasteiger partial charge in [0, 0.05) is 0 Å². The molecule has 0 spiro atoms. The summed E-state index contributed by atoms with van der Waals surface area (Å²) in [5.41, 5.74) is 6.10. The quantitative estimate of drug-likeness (QED) is 0.475. The Balaban J connectivity index is 1.65. The summed E-state index contributed by atoms with van der Waals surface area (Å²) >= 11 is -0.952. The Kier molecular flexibility index (Phi) is 4.24. The Bertz CT molecular complexity index is 730. The Hall–Kier alpha value is -1.21. The first-order valence-electron chi connectivity index (χ1n) is 8.69. The van der Waals surface area contributed by atoms with Crippen molar-refractivity contribution in [3.8, 4) is 0 Å². The molecule has 2 atom stereocenters. The van der Waals surface area contributed by atoms with E-state index in [1.807, 2.05) is 0 Å². The van der Waals surface area contributed by atoms with Gasteiger partial charge in [-0.1, -0.05) is 0 Å². The minimum atomic E-state index is -0.952. The van der Waals surface area contributed by atoms with Crippen molar-refractivity contribution >= 4 is 12.2 Å². The third kappa shape index (κ3) is 2.63. The molecular weight excluding hydrogens is 443 g/mol. The van der Waals surface area contributed by atoms with Crippen molar-refractivity contribution in [3.05, 3.63) is 77.4 Å². The van der Waals surface area contributed by atoms with Crippen LogP contribution in [0.4, 0.5) is 0 Å². The summed E-state index contributed by atoms with van der Waals surface area (Å²) in [5.74, 6) is 1.38. The van der Waals surface area contributed by atoms with E-state index in [2.05, 4.69) is 74.5 Å². The van der Waals surface area contributed by atoms with Crippen LogP contribution in [0.5, 0.6) is 0 Å². The summed E-state index contributed by atoms with van der Waals surface area (Å²) in [6.45, 7) is 4.69. The molecule has 0 aromatic heterocycles. The predicted octanol–water partition coefficient (Wildman–Crippen LogP) is 6.17. The maximum atomic E-state index is 2.53. The first-order valence-corrected chi connectivity index (χ1v) is 12.3. The maximum absolute atomic E-state index is 2.53. The fraction of sp³-hybridized carbons (Fsp3) is 0.273. The van der Waals surface area contributed by atoms with Crippen molar-refractivity contribution in [2.24, 2.45) is 0 Å². The van der Waals surface area contributed by atoms with E-state index in [1.165, 1.54) is 24.0 Å². The second kappa shape index (κ2) is 6.36. The van der Waals surface area contributed by atoms with Crippen molar-refractivity contribution in [3.63, 3.8) is 0 Å². The molecule has 0 nitrogen and oxygen atoms in total. The number of hydrogen-bond donors (Lipinski definition) is 0. The first-order chi connectivity index (χ1) is 11.3. The van der Waals surface area contributed by atoms with E-state index in [1.54, 1.807) is 17.8 Å². The van der Waals surface area contributed by atoms with E-state index in [9.17, 15) is 0 Å². The van der Waals surface area contributed by atoms with Gasteiger partial charge >= 0.3 is 151 Å². The second-order valence-corrected chi connectivity index (χ2v) is 11.6. The molecule has 23 heavy (non-hydrogen) atoms. The second-order valence-electron chi connectivity index (χ2n) is 6.50. The molecule has 114 valence electrons. The number of benzene rings is 2. The number of rotatable bonds is 4. The molecule has 1 heteroatoms. The van der Waals surface area contributed by atoms with E-state index in [4.69, 9.17) is 0 Å². The summed E-state index contributed by atoms with van der Waals surface area (Å²) in [6, 6.07) is 18.0. The van der Waals surface area contributed by atoms with E-state index in [0.29, 0.717) is 11.8 Å². The fourth-order valence-corrected chi connectivity index (χ4v) is 10.8. The fourth-order valence-electron chi connectivity index (χ4n) is 4.08. The number of fused-ring (bicyclic) bond motifs is 2. The molecule has 0 aliphatic heterocycles. The summed E-state index contributed by atoms with van der Waals surface area (Å²) in [6.07, 6.45) is 7.55. The van der Waals surface area contributed by atoms with Crippen LogP contribution in [0.15, 0.2) is 55.2 Å². The van der Waals surface area contributed by atoms with Crippen molar-refractivity contribution in [1.82, 2.24) is 0 Å². The molecule has 2 aliphatic carbocycles. The van der Waals surface area contributed by atoms with Crippen LogP contribution in [0.25, 0.3) is 12.2 Å². The molecule has 0 N–H and O–H groups in total. The zero-order valence-electron chi connectivity index (χ0n) is 13.8. The molecule has 4 rings (SSSR count). The van der Waals surface area contributed by atoms with Crippen LogP contribution in [0.3, 0.4) is 0 Å². The van der Waals surface area contributed by atoms with Gasteiger partial charge in [-0.05, 0) is 0 Å². The Morgan fingerprint density at radius 2 is 1.13 bits per heavy atom. The molecule has 0 bridgehead atoms. The van der Waals surface area contributed by atoms with Gasteiger partial charge in [-0.2, -0.15) is 0 Å². The minimum absolute atomic E-state index is 0.691. The van der Waals surface area contributed by atoms with Gasteiger partial charge in [-0.3, -0.25) is 0 Å². The van der Waals surface area contributed by atoms with E-state index >= 15 is 0 Å². The molecule has 2 aromatic carbocycles. The summed E-state index contributed by atoms with van der Waals surface area (Å²) < 4.78 is 3.59. The first kappa shape index (κ1) is 15.3. The summed E-state index contributed by atoms with van der Waals surface area (Å²) in [7, 11) is 0. The standard InChI is InChI=1S/2C11H11.Hf/c2*1-2-9-7-8-10-5-3-4-6-11(9)10;/h2*3-6,8-9H,2H2,1H3;. The van der Waals surface area contributed by atoms with E-state index in [-0.39, 0.29) is 0 Å². The molecule has 0 saturated heterocycles. The van der Waals surface area contributed by atoms with Crippen LogP contribution in [-0.4, -0.2) is 0 Å². The molecule has 2 aliphatic rings. The number of hydrogen-bond acceptors (Lipinski definition) is 0. The van der Waals surface area contributed by atoms with Gasteiger partial charge in [-0.15, -0.1) is 0 Å². The zero-order chi connectivity index (χ0) is 15.8. The van der Waals surface area contributed by atoms with Gasteiger partial charge in [0.05, 0.1) is 0 Å². The van der Waals surface area contributed by atoms with Gasteiger partial charge in [0.1, 0.15) is 0 Å². The monoisotopic (exact) mass is 466 g/mol. The Morgan fingerprint density at radius 3 is 1.57 bits per heavy atom. The van der Waals surface area contributed by atoms with Crippen LogP contribution in [0, 0.1) is 0 Å². The summed E-state index contributed by atoms with van der Waals surface area (Å²) in [5, 5.41) is 0. The van der Waals surface area contributed by atoms with Gasteiger partial charge in [0.25, 0.3) is 0 Å². The van der Waals surface area contributed by atoms with Crippen molar-refractivity contribution in [1.29, 1.82) is 0 Å². The predicted molar refractivity (Wildman–Crippen MR) is 94.9 cm³/mol. The SMILES string of the molecule is CCC1[C]([Hf][C]2=Cc3ccccc3C2CC)=Cc2ccccc21. The molecule has 0 saturated carbocycles. The van der Waals surface area contributed by atoms with Crippen molar-refractivity contribution in [2.45, 2.75) is 38.5 Å². The third-order valence-corrected chi connectivity index (χ3v) is 10.8. The Labute approximate surface area is 150 Å². The molecule has 0 radical (unpaired) electrons. The number of allylic oxidation sites excluding steroid dienone is 2. The van der Waals surface area contributed by atoms with Gasteiger partial charge < -0.3 is 0 Å². The van der Waals surface area contributed by atoms with Crippen LogP contribution in [0.2, 0.25) is 0 Å². The molecule has 0 fully saturated rings. The zero-order valence-corrected chi connectivity index (χ0v) is 17.4. The van der Waals surface area contributed by atoms with Gasteiger partial charge in [-0.25, -0.2) is 0 Å². The molecular formula is C22H22Hf. The summed E-state index contributed by atoms with van der Waals surface area (Å²) in [4.78, 5) is 0. The van der Waals surface area contributed by atoms with Crippen LogP contribution in [-0.2, 0) is 22.9 Å². The molecule has 0 amide bonds. The normalized spacial score (nSPS) is 21.5. The Morgan fingerprint density at radius 1 is 0.696 bits per heavy atom. The van der Waals surface area contributed by atoms with Crippen LogP contribution < -0.4 is 0 Å². The average Bonchev–Trinajstić information content (AvgIpc) is 3.11. The van der Waals surface area contributed by atoms with Crippen molar-refractivity contribution < 1.29 is 22.9 Å². The van der Waals surface area contributed by atoms with Crippen LogP contribution >= 0.6 is 0 Å². The van der Waals surface area contributed by atoms with Crippen molar-refractivity contribution in [2.75, 3.05) is 0 Å². The average molecular weight is 465 g/mol.